The fourth-order valence-electron chi connectivity index (χ4n) is 3.76. The van der Waals surface area contributed by atoms with Crippen LogP contribution in [0.5, 0.6) is 0 Å². The van der Waals surface area contributed by atoms with Crippen LogP contribution in [0.1, 0.15) is 45.6 Å². The van der Waals surface area contributed by atoms with E-state index in [0.29, 0.717) is 39.0 Å². The lowest BCUT2D eigenvalue weighted by Gasteiger charge is -2.34. The van der Waals surface area contributed by atoms with E-state index in [0.717, 1.165) is 5.56 Å². The predicted molar refractivity (Wildman–Crippen MR) is 109 cm³/mol. The van der Waals surface area contributed by atoms with Gasteiger partial charge in [0, 0.05) is 38.6 Å². The average Bonchev–Trinajstić information content (AvgIpc) is 3.02. The molecule has 2 aliphatic rings. The van der Waals surface area contributed by atoms with E-state index in [4.69, 9.17) is 4.74 Å². The van der Waals surface area contributed by atoms with Crippen molar-refractivity contribution in [1.29, 1.82) is 0 Å². The largest absolute Gasteiger partial charge is 0.444 e. The smallest absolute Gasteiger partial charge is 0.410 e. The minimum absolute atomic E-state index is 0.0220. The number of likely N-dealkylation sites (tertiary alicyclic amines) is 2. The Morgan fingerprint density at radius 3 is 2.41 bits per heavy atom. The number of nitrogens with zero attached hydrogens (tertiary/aromatic N) is 2. The van der Waals surface area contributed by atoms with Crippen molar-refractivity contribution in [3.8, 4) is 0 Å². The Kier molecular flexibility index (Phi) is 6.45. The molecule has 2 saturated heterocycles. The molecule has 0 aliphatic carbocycles. The molecule has 7 heteroatoms. The lowest BCUT2D eigenvalue weighted by molar-refractivity contribution is -0.129. The minimum Gasteiger partial charge on any atom is -0.444 e. The molecule has 3 rings (SSSR count). The Balaban J connectivity index is 1.44. The second kappa shape index (κ2) is 8.84. The number of hydrogen-bond acceptors (Lipinski definition) is 4. The first-order valence-corrected chi connectivity index (χ1v) is 10.3. The van der Waals surface area contributed by atoms with E-state index in [9.17, 15) is 14.4 Å². The van der Waals surface area contributed by atoms with Gasteiger partial charge in [-0.1, -0.05) is 30.3 Å². The summed E-state index contributed by atoms with van der Waals surface area (Å²) in [5.41, 5.74) is 0.555. The summed E-state index contributed by atoms with van der Waals surface area (Å²) >= 11 is 0. The molecule has 3 amide bonds. The Hall–Kier alpha value is -2.57. The van der Waals surface area contributed by atoms with Gasteiger partial charge in [0.15, 0.2) is 0 Å². The molecule has 0 saturated carbocycles. The van der Waals surface area contributed by atoms with Crippen LogP contribution in [0.2, 0.25) is 0 Å². The molecule has 158 valence electrons. The number of carbonyl (C=O) groups is 3. The molecule has 1 unspecified atom stereocenters. The number of carbonyl (C=O) groups excluding carboxylic acids is 3. The van der Waals surface area contributed by atoms with Gasteiger partial charge in [0.1, 0.15) is 5.60 Å². The van der Waals surface area contributed by atoms with Crippen LogP contribution in [-0.2, 0) is 20.9 Å². The van der Waals surface area contributed by atoms with Crippen LogP contribution in [0.15, 0.2) is 30.3 Å². The number of benzene rings is 1. The fraction of sp³-hybridized carbons (Fsp3) is 0.591. The van der Waals surface area contributed by atoms with E-state index in [1.165, 1.54) is 0 Å². The first kappa shape index (κ1) is 21.1. The third-order valence-electron chi connectivity index (χ3n) is 5.29. The van der Waals surface area contributed by atoms with Crippen LogP contribution >= 0.6 is 0 Å². The molecule has 1 atom stereocenters. The number of nitrogens with one attached hydrogen (secondary N) is 1. The van der Waals surface area contributed by atoms with Crippen molar-refractivity contribution in [2.75, 3.05) is 19.6 Å². The SMILES string of the molecule is CC(C)(C)OC(=O)N1CCC(NC(=O)C2CC(=O)N(Cc3ccccc3)C2)CC1. The highest BCUT2D eigenvalue weighted by molar-refractivity contribution is 5.89. The molecule has 2 fully saturated rings. The van der Waals surface area contributed by atoms with Crippen molar-refractivity contribution in [1.82, 2.24) is 15.1 Å². The first-order chi connectivity index (χ1) is 13.7. The highest BCUT2D eigenvalue weighted by atomic mass is 16.6. The molecular weight excluding hydrogens is 370 g/mol. The summed E-state index contributed by atoms with van der Waals surface area (Å²) in [4.78, 5) is 40.6. The zero-order valence-corrected chi connectivity index (χ0v) is 17.5. The minimum atomic E-state index is -0.511. The third kappa shape index (κ3) is 5.95. The van der Waals surface area contributed by atoms with Gasteiger partial charge in [-0.3, -0.25) is 9.59 Å². The van der Waals surface area contributed by atoms with Crippen molar-refractivity contribution >= 4 is 17.9 Å². The van der Waals surface area contributed by atoms with Gasteiger partial charge < -0.3 is 19.9 Å². The van der Waals surface area contributed by atoms with Crippen LogP contribution in [0, 0.1) is 5.92 Å². The fourth-order valence-corrected chi connectivity index (χ4v) is 3.76. The zero-order valence-electron chi connectivity index (χ0n) is 17.5. The molecule has 1 aromatic rings. The Bertz CT molecular complexity index is 736. The van der Waals surface area contributed by atoms with E-state index in [1.54, 1.807) is 9.80 Å². The number of ether oxygens (including phenoxy) is 1. The highest BCUT2D eigenvalue weighted by Gasteiger charge is 2.35. The van der Waals surface area contributed by atoms with Crippen molar-refractivity contribution in [3.05, 3.63) is 35.9 Å². The van der Waals surface area contributed by atoms with Crippen molar-refractivity contribution in [2.45, 2.75) is 58.2 Å². The molecule has 29 heavy (non-hydrogen) atoms. The summed E-state index contributed by atoms with van der Waals surface area (Å²) in [5, 5.41) is 3.08. The van der Waals surface area contributed by atoms with Crippen LogP contribution in [0.4, 0.5) is 4.79 Å². The lowest BCUT2D eigenvalue weighted by Crippen LogP contribution is -2.49. The van der Waals surface area contributed by atoms with Gasteiger partial charge in [0.05, 0.1) is 5.92 Å². The molecule has 1 N–H and O–H groups in total. The van der Waals surface area contributed by atoms with Gasteiger partial charge in [0.25, 0.3) is 0 Å². The van der Waals surface area contributed by atoms with E-state index < -0.39 is 5.60 Å². The molecule has 0 radical (unpaired) electrons. The van der Waals surface area contributed by atoms with Gasteiger partial charge in [-0.25, -0.2) is 4.79 Å². The van der Waals surface area contributed by atoms with Crippen molar-refractivity contribution in [2.24, 2.45) is 5.92 Å². The Morgan fingerprint density at radius 2 is 1.79 bits per heavy atom. The van der Waals surface area contributed by atoms with Crippen LogP contribution in [-0.4, -0.2) is 59.0 Å². The molecule has 0 bridgehead atoms. The van der Waals surface area contributed by atoms with Gasteiger partial charge >= 0.3 is 6.09 Å². The van der Waals surface area contributed by atoms with E-state index in [2.05, 4.69) is 5.32 Å². The van der Waals surface area contributed by atoms with Gasteiger partial charge in [0.2, 0.25) is 11.8 Å². The van der Waals surface area contributed by atoms with Crippen molar-refractivity contribution in [3.63, 3.8) is 0 Å². The summed E-state index contributed by atoms with van der Waals surface area (Å²) in [6.45, 7) is 7.66. The highest BCUT2D eigenvalue weighted by Crippen LogP contribution is 2.22. The maximum Gasteiger partial charge on any atom is 0.410 e. The molecular formula is C22H31N3O4. The van der Waals surface area contributed by atoms with Crippen LogP contribution in [0.3, 0.4) is 0 Å². The van der Waals surface area contributed by atoms with Crippen molar-refractivity contribution < 1.29 is 19.1 Å². The van der Waals surface area contributed by atoms with Gasteiger partial charge in [-0.05, 0) is 39.2 Å². The molecule has 0 aromatic heterocycles. The Labute approximate surface area is 172 Å². The van der Waals surface area contributed by atoms with Crippen LogP contribution in [0.25, 0.3) is 0 Å². The second-order valence-corrected chi connectivity index (χ2v) is 8.91. The monoisotopic (exact) mass is 401 g/mol. The maximum atomic E-state index is 12.7. The first-order valence-electron chi connectivity index (χ1n) is 10.3. The second-order valence-electron chi connectivity index (χ2n) is 8.91. The van der Waals surface area contributed by atoms with E-state index in [-0.39, 0.29) is 36.3 Å². The summed E-state index contributed by atoms with van der Waals surface area (Å²) in [5.74, 6) is -0.353. The Morgan fingerprint density at radius 1 is 1.14 bits per heavy atom. The standard InChI is InChI=1S/C22H31N3O4/c1-22(2,3)29-21(28)24-11-9-18(10-12-24)23-20(27)17-13-19(26)25(15-17)14-16-7-5-4-6-8-16/h4-8,17-18H,9-15H2,1-3H3,(H,23,27). The summed E-state index contributed by atoms with van der Waals surface area (Å²) in [7, 11) is 0. The molecule has 1 aromatic carbocycles. The predicted octanol–water partition coefficient (Wildman–Crippen LogP) is 2.55. The zero-order chi connectivity index (χ0) is 21.0. The maximum absolute atomic E-state index is 12.7. The number of piperidine rings is 1. The molecule has 2 aliphatic heterocycles. The topological polar surface area (TPSA) is 79.0 Å². The van der Waals surface area contributed by atoms with Gasteiger partial charge in [-0.2, -0.15) is 0 Å². The van der Waals surface area contributed by atoms with Gasteiger partial charge in [-0.15, -0.1) is 0 Å². The summed E-state index contributed by atoms with van der Waals surface area (Å²) < 4.78 is 5.40. The summed E-state index contributed by atoms with van der Waals surface area (Å²) in [6.07, 6.45) is 1.34. The average molecular weight is 402 g/mol. The number of amides is 3. The number of rotatable bonds is 4. The normalized spacial score (nSPS) is 20.7. The van der Waals surface area contributed by atoms with E-state index in [1.807, 2.05) is 51.1 Å². The molecule has 7 nitrogen and oxygen atoms in total. The molecule has 2 heterocycles. The third-order valence-corrected chi connectivity index (χ3v) is 5.29. The van der Waals surface area contributed by atoms with Crippen LogP contribution < -0.4 is 5.32 Å². The lowest BCUT2D eigenvalue weighted by atomic mass is 10.0. The number of hydrogen-bond donors (Lipinski definition) is 1. The quantitative estimate of drug-likeness (QED) is 0.841. The van der Waals surface area contributed by atoms with E-state index >= 15 is 0 Å². The molecule has 0 spiro atoms. The summed E-state index contributed by atoms with van der Waals surface area (Å²) in [6, 6.07) is 9.84.